The van der Waals surface area contributed by atoms with E-state index >= 15 is 0 Å². The number of halogens is 5. The quantitative estimate of drug-likeness (QED) is 0.806. The molecule has 0 bridgehead atoms. The zero-order valence-corrected chi connectivity index (χ0v) is 10.9. The second-order valence-electron chi connectivity index (χ2n) is 3.80. The van der Waals surface area contributed by atoms with Crippen LogP contribution < -0.4 is 4.72 Å². The van der Waals surface area contributed by atoms with Crippen LogP contribution in [0.1, 0.15) is 16.8 Å². The van der Waals surface area contributed by atoms with Gasteiger partial charge in [-0.2, -0.15) is 13.2 Å². The maximum Gasteiger partial charge on any atom is 0.390 e. The van der Waals surface area contributed by atoms with Crippen LogP contribution in [0.25, 0.3) is 0 Å². The molecule has 5 nitrogen and oxygen atoms in total. The number of alkyl halides is 3. The van der Waals surface area contributed by atoms with Gasteiger partial charge in [-0.3, -0.25) is 0 Å². The van der Waals surface area contributed by atoms with Gasteiger partial charge in [0.1, 0.15) is 16.3 Å². The number of carbonyl (C=O) groups is 1. The molecule has 0 aliphatic heterocycles. The van der Waals surface area contributed by atoms with Gasteiger partial charge in [-0.05, 0) is 12.1 Å². The van der Waals surface area contributed by atoms with Crippen LogP contribution in [0.3, 0.4) is 0 Å². The molecule has 0 radical (unpaired) electrons. The van der Waals surface area contributed by atoms with Crippen molar-refractivity contribution in [1.29, 1.82) is 0 Å². The van der Waals surface area contributed by atoms with Gasteiger partial charge in [0.25, 0.3) is 0 Å². The molecule has 21 heavy (non-hydrogen) atoms. The lowest BCUT2D eigenvalue weighted by atomic mass is 10.2. The molecular weight excluding hydrogens is 325 g/mol. The van der Waals surface area contributed by atoms with Gasteiger partial charge < -0.3 is 5.11 Å². The molecule has 0 heterocycles. The van der Waals surface area contributed by atoms with Crippen molar-refractivity contribution in [3.8, 4) is 0 Å². The van der Waals surface area contributed by atoms with Crippen LogP contribution in [-0.2, 0) is 10.0 Å². The second kappa shape index (κ2) is 5.93. The van der Waals surface area contributed by atoms with Gasteiger partial charge in [-0.15, -0.1) is 0 Å². The fraction of sp³-hybridized carbons (Fsp3) is 0.300. The first-order chi connectivity index (χ1) is 9.46. The predicted octanol–water partition coefficient (Wildman–Crippen LogP) is 1.89. The van der Waals surface area contributed by atoms with Crippen LogP contribution in [-0.4, -0.2) is 32.2 Å². The Balaban J connectivity index is 3.10. The molecule has 0 aliphatic carbocycles. The van der Waals surface area contributed by atoms with Crippen molar-refractivity contribution in [2.24, 2.45) is 0 Å². The Labute approximate surface area is 115 Å². The zero-order valence-electron chi connectivity index (χ0n) is 10.0. The highest BCUT2D eigenvalue weighted by Gasteiger charge is 2.30. The number of benzene rings is 1. The first kappa shape index (κ1) is 17.3. The van der Waals surface area contributed by atoms with Gasteiger partial charge in [-0.1, -0.05) is 0 Å². The summed E-state index contributed by atoms with van der Waals surface area (Å²) in [5, 5.41) is 8.58. The van der Waals surface area contributed by atoms with Crippen LogP contribution in [0, 0.1) is 11.6 Å². The van der Waals surface area contributed by atoms with Crippen molar-refractivity contribution in [3.05, 3.63) is 29.3 Å². The van der Waals surface area contributed by atoms with E-state index in [0.29, 0.717) is 12.1 Å². The van der Waals surface area contributed by atoms with Gasteiger partial charge >= 0.3 is 12.1 Å². The first-order valence-corrected chi connectivity index (χ1v) is 6.72. The number of carboxylic acids is 1. The van der Waals surface area contributed by atoms with Crippen molar-refractivity contribution in [2.75, 3.05) is 6.54 Å². The Morgan fingerprint density at radius 3 is 2.29 bits per heavy atom. The maximum absolute atomic E-state index is 13.7. The predicted molar refractivity (Wildman–Crippen MR) is 59.2 cm³/mol. The average Bonchev–Trinajstić information content (AvgIpc) is 2.25. The third-order valence-electron chi connectivity index (χ3n) is 2.26. The summed E-state index contributed by atoms with van der Waals surface area (Å²) in [4.78, 5) is 9.38. The van der Waals surface area contributed by atoms with Crippen LogP contribution in [0.5, 0.6) is 0 Å². The van der Waals surface area contributed by atoms with Crippen molar-refractivity contribution >= 4 is 16.0 Å². The summed E-state index contributed by atoms with van der Waals surface area (Å²) in [6.45, 7) is -1.06. The summed E-state index contributed by atoms with van der Waals surface area (Å²) in [5.41, 5.74) is -1.51. The van der Waals surface area contributed by atoms with Crippen molar-refractivity contribution in [3.63, 3.8) is 0 Å². The third-order valence-corrected chi connectivity index (χ3v) is 3.74. The Morgan fingerprint density at radius 2 is 1.81 bits per heavy atom. The lowest BCUT2D eigenvalue weighted by Crippen LogP contribution is -2.29. The van der Waals surface area contributed by atoms with Crippen LogP contribution in [0.15, 0.2) is 17.0 Å². The highest BCUT2D eigenvalue weighted by atomic mass is 32.2. The molecule has 1 aromatic carbocycles. The molecule has 2 N–H and O–H groups in total. The monoisotopic (exact) mass is 333 g/mol. The molecular formula is C10H8F5NO4S. The van der Waals surface area contributed by atoms with Crippen LogP contribution in [0.2, 0.25) is 0 Å². The minimum absolute atomic E-state index is 0.394. The summed E-state index contributed by atoms with van der Waals surface area (Å²) in [6.07, 6.45) is -6.13. The van der Waals surface area contributed by atoms with Crippen LogP contribution >= 0.6 is 0 Å². The normalized spacial score (nSPS) is 12.4. The maximum atomic E-state index is 13.7. The van der Waals surface area contributed by atoms with E-state index in [2.05, 4.69) is 0 Å². The van der Waals surface area contributed by atoms with E-state index in [1.807, 2.05) is 0 Å². The largest absolute Gasteiger partial charge is 0.477 e. The summed E-state index contributed by atoms with van der Waals surface area (Å²) < 4.78 is 87.1. The molecule has 0 saturated heterocycles. The minimum Gasteiger partial charge on any atom is -0.477 e. The smallest absolute Gasteiger partial charge is 0.390 e. The molecule has 0 unspecified atom stereocenters. The lowest BCUT2D eigenvalue weighted by Gasteiger charge is -2.10. The Morgan fingerprint density at radius 1 is 1.24 bits per heavy atom. The Hall–Kier alpha value is -1.75. The molecule has 0 aromatic heterocycles. The first-order valence-electron chi connectivity index (χ1n) is 5.23. The number of rotatable bonds is 5. The highest BCUT2D eigenvalue weighted by molar-refractivity contribution is 7.89. The van der Waals surface area contributed by atoms with E-state index < -0.39 is 57.2 Å². The van der Waals surface area contributed by atoms with Gasteiger partial charge in [0.2, 0.25) is 10.0 Å². The van der Waals surface area contributed by atoms with E-state index in [0.717, 1.165) is 0 Å². The molecule has 1 aromatic rings. The molecule has 1 rings (SSSR count). The number of sulfonamides is 1. The number of aromatic carboxylic acids is 1. The topological polar surface area (TPSA) is 83.5 Å². The fourth-order valence-electron chi connectivity index (χ4n) is 1.34. The summed E-state index contributed by atoms with van der Waals surface area (Å²) in [7, 11) is -4.74. The standard InChI is InChI=1S/C10H8F5NO4S/c11-5-1-2-6(8(12)7(5)9(17)18)21(19,20)16-4-3-10(13,14)15/h1-2,16H,3-4H2,(H,17,18). The molecule has 0 atom stereocenters. The highest BCUT2D eigenvalue weighted by Crippen LogP contribution is 2.22. The van der Waals surface area contributed by atoms with Gasteiger partial charge in [-0.25, -0.2) is 26.7 Å². The number of hydrogen-bond donors (Lipinski definition) is 2. The molecule has 0 amide bonds. The molecule has 0 aliphatic rings. The SMILES string of the molecule is O=C(O)c1c(F)ccc(S(=O)(=O)NCCC(F)(F)F)c1F. The van der Waals surface area contributed by atoms with E-state index in [4.69, 9.17) is 5.11 Å². The van der Waals surface area contributed by atoms with Gasteiger partial charge in [0.15, 0.2) is 5.82 Å². The van der Waals surface area contributed by atoms with E-state index in [1.54, 1.807) is 0 Å². The van der Waals surface area contributed by atoms with Crippen molar-refractivity contribution in [1.82, 2.24) is 4.72 Å². The number of nitrogens with one attached hydrogen (secondary N) is 1. The van der Waals surface area contributed by atoms with Gasteiger partial charge in [0, 0.05) is 6.54 Å². The Bertz CT molecular complexity index is 656. The van der Waals surface area contributed by atoms with E-state index in [9.17, 15) is 35.2 Å². The fourth-order valence-corrected chi connectivity index (χ4v) is 2.45. The van der Waals surface area contributed by atoms with Crippen molar-refractivity contribution < 1.29 is 40.3 Å². The van der Waals surface area contributed by atoms with Crippen LogP contribution in [0.4, 0.5) is 22.0 Å². The average molecular weight is 333 g/mol. The molecule has 0 fully saturated rings. The number of hydrogen-bond acceptors (Lipinski definition) is 3. The van der Waals surface area contributed by atoms with E-state index in [1.165, 1.54) is 4.72 Å². The summed E-state index contributed by atoms with van der Waals surface area (Å²) in [6, 6.07) is 0.817. The summed E-state index contributed by atoms with van der Waals surface area (Å²) in [5.74, 6) is -5.44. The van der Waals surface area contributed by atoms with Gasteiger partial charge in [0.05, 0.1) is 6.42 Å². The summed E-state index contributed by atoms with van der Waals surface area (Å²) >= 11 is 0. The lowest BCUT2D eigenvalue weighted by molar-refractivity contribution is -0.132. The number of carboxylic acid groups (broad SMARTS) is 1. The molecule has 118 valence electrons. The molecule has 11 heteroatoms. The zero-order chi connectivity index (χ0) is 16.4. The second-order valence-corrected chi connectivity index (χ2v) is 5.54. The molecule has 0 saturated carbocycles. The van der Waals surface area contributed by atoms with Crippen molar-refractivity contribution in [2.45, 2.75) is 17.5 Å². The minimum atomic E-state index is -4.74. The Kier molecular flexibility index (Phi) is 4.89. The van der Waals surface area contributed by atoms with E-state index in [-0.39, 0.29) is 0 Å². The third kappa shape index (κ3) is 4.36. The molecule has 0 spiro atoms.